The fourth-order valence-electron chi connectivity index (χ4n) is 4.43. The molecule has 1 heterocycles. The maximum atomic E-state index is 13.6. The molecule has 3 aromatic rings. The summed E-state index contributed by atoms with van der Waals surface area (Å²) in [5.74, 6) is -0.0198. The minimum Gasteiger partial charge on any atom is -0.494 e. The van der Waals surface area contributed by atoms with E-state index in [1.807, 2.05) is 37.3 Å². The van der Waals surface area contributed by atoms with Crippen molar-refractivity contribution in [1.29, 1.82) is 0 Å². The van der Waals surface area contributed by atoms with E-state index in [0.717, 1.165) is 47.4 Å². The molecule has 0 saturated heterocycles. The van der Waals surface area contributed by atoms with Crippen molar-refractivity contribution in [2.45, 2.75) is 31.8 Å². The molecule has 0 saturated carbocycles. The number of hydrogen-bond acceptors (Lipinski definition) is 4. The van der Waals surface area contributed by atoms with Gasteiger partial charge in [-0.1, -0.05) is 36.4 Å². The third-order valence-electron chi connectivity index (χ3n) is 6.15. The molecule has 2 atom stereocenters. The number of carboxylic acid groups (broad SMARTS) is 1. The lowest BCUT2D eigenvalue weighted by atomic mass is 9.83. The van der Waals surface area contributed by atoms with Gasteiger partial charge in [0.1, 0.15) is 11.9 Å². The number of aryl methyl sites for hydroxylation is 1. The van der Waals surface area contributed by atoms with Gasteiger partial charge in [0.2, 0.25) is 0 Å². The van der Waals surface area contributed by atoms with E-state index in [1.54, 1.807) is 18.2 Å². The zero-order valence-corrected chi connectivity index (χ0v) is 18.8. The molecule has 172 valence electrons. The van der Waals surface area contributed by atoms with Crippen LogP contribution in [0.4, 0.5) is 4.39 Å². The van der Waals surface area contributed by atoms with E-state index in [2.05, 4.69) is 11.4 Å². The Morgan fingerprint density at radius 2 is 2.00 bits per heavy atom. The highest BCUT2D eigenvalue weighted by Gasteiger charge is 2.29. The van der Waals surface area contributed by atoms with Crippen LogP contribution in [0.3, 0.4) is 0 Å². The third-order valence-corrected chi connectivity index (χ3v) is 6.15. The summed E-state index contributed by atoms with van der Waals surface area (Å²) in [6.45, 7) is 3.24. The monoisotopic (exact) mass is 449 g/mol. The topological polar surface area (TPSA) is 67.8 Å². The fraction of sp³-hybridized carbons (Fsp3) is 0.296. The lowest BCUT2D eigenvalue weighted by Gasteiger charge is -2.33. The predicted octanol–water partition coefficient (Wildman–Crippen LogP) is 4.96. The molecule has 0 radical (unpaired) electrons. The molecular weight excluding hydrogens is 421 g/mol. The van der Waals surface area contributed by atoms with Crippen molar-refractivity contribution >= 4 is 5.97 Å². The number of rotatable bonds is 8. The number of carboxylic acids is 1. The number of benzene rings is 3. The van der Waals surface area contributed by atoms with Crippen molar-refractivity contribution in [3.63, 3.8) is 0 Å². The summed E-state index contributed by atoms with van der Waals surface area (Å²) >= 11 is 0. The molecule has 0 bridgehead atoms. The molecule has 0 spiro atoms. The summed E-state index contributed by atoms with van der Waals surface area (Å²) in [6.07, 6.45) is 1.52. The lowest BCUT2D eigenvalue weighted by molar-refractivity contribution is 0.0696. The van der Waals surface area contributed by atoms with E-state index < -0.39 is 5.97 Å². The molecule has 2 unspecified atom stereocenters. The van der Waals surface area contributed by atoms with Crippen LogP contribution in [0.1, 0.15) is 45.0 Å². The van der Waals surface area contributed by atoms with Crippen molar-refractivity contribution in [2.24, 2.45) is 0 Å². The normalized spacial score (nSPS) is 17.2. The van der Waals surface area contributed by atoms with Gasteiger partial charge in [-0.25, -0.2) is 9.18 Å². The van der Waals surface area contributed by atoms with Gasteiger partial charge in [-0.05, 0) is 67.3 Å². The molecule has 3 aromatic carbocycles. The number of carbonyl (C=O) groups is 1. The van der Waals surface area contributed by atoms with Crippen LogP contribution in [0.25, 0.3) is 0 Å². The van der Waals surface area contributed by atoms with Gasteiger partial charge in [-0.15, -0.1) is 0 Å². The second-order valence-electron chi connectivity index (χ2n) is 8.37. The molecule has 1 aliphatic heterocycles. The second-order valence-corrected chi connectivity index (χ2v) is 8.37. The van der Waals surface area contributed by atoms with Crippen molar-refractivity contribution in [1.82, 2.24) is 5.32 Å². The molecule has 6 heteroatoms. The van der Waals surface area contributed by atoms with Crippen molar-refractivity contribution in [2.75, 3.05) is 20.2 Å². The number of hydrogen-bond donors (Lipinski definition) is 2. The maximum absolute atomic E-state index is 13.6. The molecule has 33 heavy (non-hydrogen) atoms. The molecule has 0 amide bonds. The van der Waals surface area contributed by atoms with Crippen molar-refractivity contribution in [3.8, 4) is 11.5 Å². The number of fused-ring (bicyclic) bond motifs is 1. The van der Waals surface area contributed by atoms with E-state index in [1.165, 1.54) is 13.2 Å². The molecule has 4 rings (SSSR count). The van der Waals surface area contributed by atoms with Crippen LogP contribution < -0.4 is 14.8 Å². The minimum absolute atomic E-state index is 0.0212. The average molecular weight is 450 g/mol. The summed E-state index contributed by atoms with van der Waals surface area (Å²) in [7, 11) is 1.46. The Labute approximate surface area is 193 Å². The van der Waals surface area contributed by atoms with Crippen LogP contribution in [0.5, 0.6) is 11.5 Å². The number of nitrogens with one attached hydrogen (secondary N) is 1. The summed E-state index contributed by atoms with van der Waals surface area (Å²) in [6, 6.07) is 18.5. The Balaban J connectivity index is 1.43. The van der Waals surface area contributed by atoms with Gasteiger partial charge in [0.15, 0.2) is 11.6 Å². The highest BCUT2D eigenvalue weighted by molar-refractivity contribution is 5.89. The van der Waals surface area contributed by atoms with Gasteiger partial charge in [0, 0.05) is 18.0 Å². The maximum Gasteiger partial charge on any atom is 0.335 e. The van der Waals surface area contributed by atoms with Gasteiger partial charge >= 0.3 is 5.97 Å². The van der Waals surface area contributed by atoms with Crippen LogP contribution in [0.15, 0.2) is 60.7 Å². The smallest absolute Gasteiger partial charge is 0.335 e. The highest BCUT2D eigenvalue weighted by atomic mass is 19.1. The fourth-order valence-corrected chi connectivity index (χ4v) is 4.43. The summed E-state index contributed by atoms with van der Waals surface area (Å²) in [5.41, 5.74) is 4.30. The number of aromatic carboxylic acids is 1. The van der Waals surface area contributed by atoms with Crippen molar-refractivity contribution in [3.05, 3.63) is 94.3 Å². The SMILES string of the molecule is COc1cc(CCNCC2CC(c3ccc(C(=O)O)c(C)c3)c3ccccc3O2)ccc1F. The summed E-state index contributed by atoms with van der Waals surface area (Å²) < 4.78 is 24.9. The lowest BCUT2D eigenvalue weighted by Crippen LogP contribution is -2.36. The molecular formula is C27H28FNO4. The van der Waals surface area contributed by atoms with Gasteiger partial charge in [0.05, 0.1) is 12.7 Å². The van der Waals surface area contributed by atoms with E-state index in [4.69, 9.17) is 9.47 Å². The van der Waals surface area contributed by atoms with E-state index in [0.29, 0.717) is 12.1 Å². The Kier molecular flexibility index (Phi) is 6.94. The third kappa shape index (κ3) is 5.17. The van der Waals surface area contributed by atoms with Crippen LogP contribution >= 0.6 is 0 Å². The van der Waals surface area contributed by atoms with Gasteiger partial charge in [-0.3, -0.25) is 0 Å². The molecule has 5 nitrogen and oxygen atoms in total. The van der Waals surface area contributed by atoms with Crippen LogP contribution in [0.2, 0.25) is 0 Å². The molecule has 2 N–H and O–H groups in total. The first kappa shape index (κ1) is 22.8. The summed E-state index contributed by atoms with van der Waals surface area (Å²) in [4.78, 5) is 11.4. The Hall–Kier alpha value is -3.38. The van der Waals surface area contributed by atoms with Gasteiger partial charge < -0.3 is 19.9 Å². The van der Waals surface area contributed by atoms with E-state index in [9.17, 15) is 14.3 Å². The Morgan fingerprint density at radius 1 is 1.18 bits per heavy atom. The van der Waals surface area contributed by atoms with Gasteiger partial charge in [-0.2, -0.15) is 0 Å². The van der Waals surface area contributed by atoms with E-state index in [-0.39, 0.29) is 23.6 Å². The Bertz CT molecular complexity index is 1150. The van der Waals surface area contributed by atoms with E-state index >= 15 is 0 Å². The molecule has 0 aliphatic carbocycles. The first-order valence-corrected chi connectivity index (χ1v) is 11.1. The number of halogens is 1. The number of methoxy groups -OCH3 is 1. The molecule has 0 fully saturated rings. The molecule has 1 aliphatic rings. The quantitative estimate of drug-likeness (QED) is 0.476. The van der Waals surface area contributed by atoms with Crippen LogP contribution in [-0.4, -0.2) is 37.4 Å². The van der Waals surface area contributed by atoms with Gasteiger partial charge in [0.25, 0.3) is 0 Å². The standard InChI is InChI=1S/C27H28FNO4/c1-17-13-19(8-9-21(17)27(30)31)23-15-20(33-25-6-4-3-5-22(23)25)16-29-12-11-18-7-10-24(28)26(14-18)32-2/h3-10,13-14,20,23,29H,11-12,15-16H2,1-2H3,(H,30,31). The highest BCUT2D eigenvalue weighted by Crippen LogP contribution is 2.40. The zero-order chi connectivity index (χ0) is 23.4. The largest absolute Gasteiger partial charge is 0.494 e. The number of ether oxygens (including phenoxy) is 2. The molecule has 0 aromatic heterocycles. The van der Waals surface area contributed by atoms with Crippen molar-refractivity contribution < 1.29 is 23.8 Å². The predicted molar refractivity (Wildman–Crippen MR) is 125 cm³/mol. The van der Waals surface area contributed by atoms with Crippen LogP contribution in [-0.2, 0) is 6.42 Å². The second kappa shape index (κ2) is 10.0. The number of para-hydroxylation sites is 1. The first-order valence-electron chi connectivity index (χ1n) is 11.1. The average Bonchev–Trinajstić information content (AvgIpc) is 2.82. The van der Waals surface area contributed by atoms with Crippen LogP contribution in [0, 0.1) is 12.7 Å². The first-order chi connectivity index (χ1) is 16.0. The Morgan fingerprint density at radius 3 is 2.76 bits per heavy atom. The zero-order valence-electron chi connectivity index (χ0n) is 18.8. The minimum atomic E-state index is -0.910. The summed E-state index contributed by atoms with van der Waals surface area (Å²) in [5, 5.41) is 12.8.